The molecule has 21 heavy (non-hydrogen) atoms. The summed E-state index contributed by atoms with van der Waals surface area (Å²) in [4.78, 5) is 0. The second-order valence-electron chi connectivity index (χ2n) is 5.25. The van der Waals surface area contributed by atoms with Gasteiger partial charge in [0.15, 0.2) is 17.3 Å². The highest BCUT2D eigenvalue weighted by atomic mass is 16.5. The molecule has 2 aromatic rings. The van der Waals surface area contributed by atoms with Gasteiger partial charge in [-0.25, -0.2) is 4.68 Å². The largest absolute Gasteiger partial charge is 0.493 e. The smallest absolute Gasteiger partial charge is 0.184 e. The van der Waals surface area contributed by atoms with Crippen LogP contribution < -0.4 is 15.2 Å². The van der Waals surface area contributed by atoms with Crippen molar-refractivity contribution in [1.82, 2.24) is 20.2 Å². The fraction of sp³-hybridized carbons (Fsp3) is 0.500. The van der Waals surface area contributed by atoms with E-state index < -0.39 is 0 Å². The summed E-state index contributed by atoms with van der Waals surface area (Å²) in [5.74, 6) is 2.69. The van der Waals surface area contributed by atoms with Crippen molar-refractivity contribution < 1.29 is 9.47 Å². The van der Waals surface area contributed by atoms with Crippen LogP contribution in [0.2, 0.25) is 0 Å². The van der Waals surface area contributed by atoms with Gasteiger partial charge in [0.1, 0.15) is 0 Å². The SMILES string of the molecule is COc1cc(N)c(-c2nnnn2CCC2CC2)cc1OC. The van der Waals surface area contributed by atoms with Crippen molar-refractivity contribution >= 4 is 5.69 Å². The molecule has 7 heteroatoms. The Morgan fingerprint density at radius 2 is 1.95 bits per heavy atom. The molecule has 112 valence electrons. The molecule has 0 saturated heterocycles. The molecule has 1 aromatic heterocycles. The van der Waals surface area contributed by atoms with Gasteiger partial charge in [0.2, 0.25) is 0 Å². The Bertz CT molecular complexity index is 636. The Morgan fingerprint density at radius 3 is 2.62 bits per heavy atom. The normalized spacial score (nSPS) is 14.2. The van der Waals surface area contributed by atoms with Crippen molar-refractivity contribution in [3.8, 4) is 22.9 Å². The minimum absolute atomic E-state index is 0.565. The predicted octanol–water partition coefficient (Wildman–Crippen LogP) is 1.74. The molecule has 1 aromatic carbocycles. The number of hydrogen-bond acceptors (Lipinski definition) is 6. The quantitative estimate of drug-likeness (QED) is 0.815. The number of methoxy groups -OCH3 is 2. The maximum Gasteiger partial charge on any atom is 0.184 e. The summed E-state index contributed by atoms with van der Waals surface area (Å²) in [7, 11) is 3.17. The first-order valence-electron chi connectivity index (χ1n) is 7.01. The molecule has 0 atom stereocenters. The van der Waals surface area contributed by atoms with E-state index in [1.165, 1.54) is 12.8 Å². The van der Waals surface area contributed by atoms with Gasteiger partial charge in [-0.3, -0.25) is 0 Å². The molecule has 0 aliphatic heterocycles. The number of tetrazole rings is 1. The molecule has 0 amide bonds. The van der Waals surface area contributed by atoms with Crippen LogP contribution in [-0.2, 0) is 6.54 Å². The molecule has 1 saturated carbocycles. The van der Waals surface area contributed by atoms with Gasteiger partial charge in [-0.15, -0.1) is 5.10 Å². The lowest BCUT2D eigenvalue weighted by molar-refractivity contribution is 0.355. The van der Waals surface area contributed by atoms with Crippen LogP contribution in [0.25, 0.3) is 11.4 Å². The molecule has 0 bridgehead atoms. The van der Waals surface area contributed by atoms with E-state index >= 15 is 0 Å². The summed E-state index contributed by atoms with van der Waals surface area (Å²) in [5, 5.41) is 11.9. The van der Waals surface area contributed by atoms with Crippen LogP contribution in [-0.4, -0.2) is 34.4 Å². The monoisotopic (exact) mass is 289 g/mol. The number of nitrogen functional groups attached to an aromatic ring is 1. The van der Waals surface area contributed by atoms with E-state index in [2.05, 4.69) is 15.5 Å². The fourth-order valence-electron chi connectivity index (χ4n) is 2.35. The average molecular weight is 289 g/mol. The minimum atomic E-state index is 0.565. The van der Waals surface area contributed by atoms with E-state index in [1.54, 1.807) is 25.0 Å². The molecule has 3 rings (SSSR count). The van der Waals surface area contributed by atoms with Crippen molar-refractivity contribution in [1.29, 1.82) is 0 Å². The van der Waals surface area contributed by atoms with Crippen LogP contribution in [0, 0.1) is 5.92 Å². The summed E-state index contributed by atoms with van der Waals surface area (Å²) < 4.78 is 12.4. The zero-order valence-corrected chi connectivity index (χ0v) is 12.2. The highest BCUT2D eigenvalue weighted by Gasteiger charge is 2.22. The van der Waals surface area contributed by atoms with Gasteiger partial charge in [-0.05, 0) is 28.8 Å². The van der Waals surface area contributed by atoms with Crippen LogP contribution >= 0.6 is 0 Å². The van der Waals surface area contributed by atoms with E-state index in [9.17, 15) is 0 Å². The highest BCUT2D eigenvalue weighted by molar-refractivity contribution is 5.75. The Morgan fingerprint density at radius 1 is 1.24 bits per heavy atom. The first kappa shape index (κ1) is 13.7. The van der Waals surface area contributed by atoms with Crippen molar-refractivity contribution in [2.75, 3.05) is 20.0 Å². The number of aromatic nitrogens is 4. The van der Waals surface area contributed by atoms with Gasteiger partial charge in [0.25, 0.3) is 0 Å². The topological polar surface area (TPSA) is 88.1 Å². The average Bonchev–Trinajstić information content (AvgIpc) is 3.22. The molecule has 1 heterocycles. The van der Waals surface area contributed by atoms with Crippen LogP contribution in [0.3, 0.4) is 0 Å². The Labute approximate surface area is 123 Å². The predicted molar refractivity (Wildman–Crippen MR) is 78.1 cm³/mol. The number of nitrogens with two attached hydrogens (primary N) is 1. The van der Waals surface area contributed by atoms with Gasteiger partial charge in [-0.2, -0.15) is 0 Å². The molecular formula is C14H19N5O2. The van der Waals surface area contributed by atoms with E-state index in [0.717, 1.165) is 24.4 Å². The maximum atomic E-state index is 6.10. The second-order valence-corrected chi connectivity index (χ2v) is 5.25. The number of anilines is 1. The Kier molecular flexibility index (Phi) is 3.64. The van der Waals surface area contributed by atoms with Gasteiger partial charge >= 0.3 is 0 Å². The van der Waals surface area contributed by atoms with Crippen LogP contribution in [0.5, 0.6) is 11.5 Å². The third kappa shape index (κ3) is 2.76. The van der Waals surface area contributed by atoms with Crippen molar-refractivity contribution in [2.45, 2.75) is 25.8 Å². The number of ether oxygens (including phenoxy) is 2. The lowest BCUT2D eigenvalue weighted by atomic mass is 10.1. The zero-order chi connectivity index (χ0) is 14.8. The zero-order valence-electron chi connectivity index (χ0n) is 12.2. The van der Waals surface area contributed by atoms with E-state index in [1.807, 2.05) is 6.07 Å². The van der Waals surface area contributed by atoms with Crippen LogP contribution in [0.4, 0.5) is 5.69 Å². The molecule has 0 unspecified atom stereocenters. The number of rotatable bonds is 6. The second kappa shape index (κ2) is 5.59. The Balaban J connectivity index is 1.93. The molecule has 0 radical (unpaired) electrons. The maximum absolute atomic E-state index is 6.10. The minimum Gasteiger partial charge on any atom is -0.493 e. The number of benzene rings is 1. The standard InChI is InChI=1S/C14H19N5O2/c1-20-12-7-10(11(15)8-13(12)21-2)14-16-17-18-19(14)6-5-9-3-4-9/h7-9H,3-6,15H2,1-2H3. The van der Waals surface area contributed by atoms with Gasteiger partial charge in [0, 0.05) is 23.9 Å². The summed E-state index contributed by atoms with van der Waals surface area (Å²) in [6.07, 6.45) is 3.73. The number of hydrogen-bond donors (Lipinski definition) is 1. The van der Waals surface area contributed by atoms with E-state index in [4.69, 9.17) is 15.2 Å². The van der Waals surface area contributed by atoms with E-state index in [-0.39, 0.29) is 0 Å². The van der Waals surface area contributed by atoms with Crippen molar-refractivity contribution in [3.63, 3.8) is 0 Å². The highest BCUT2D eigenvalue weighted by Crippen LogP contribution is 2.37. The summed E-state index contributed by atoms with van der Waals surface area (Å²) in [5.41, 5.74) is 7.43. The molecule has 7 nitrogen and oxygen atoms in total. The molecule has 1 fully saturated rings. The first-order valence-corrected chi connectivity index (χ1v) is 7.01. The molecule has 0 spiro atoms. The van der Waals surface area contributed by atoms with Crippen molar-refractivity contribution in [3.05, 3.63) is 12.1 Å². The van der Waals surface area contributed by atoms with Gasteiger partial charge < -0.3 is 15.2 Å². The van der Waals surface area contributed by atoms with Gasteiger partial charge in [0.05, 0.1) is 14.2 Å². The summed E-state index contributed by atoms with van der Waals surface area (Å²) in [6.45, 7) is 0.806. The first-order chi connectivity index (χ1) is 10.2. The molecule has 1 aliphatic rings. The van der Waals surface area contributed by atoms with E-state index in [0.29, 0.717) is 23.0 Å². The van der Waals surface area contributed by atoms with Gasteiger partial charge in [-0.1, -0.05) is 12.8 Å². The molecular weight excluding hydrogens is 270 g/mol. The summed E-state index contributed by atoms with van der Waals surface area (Å²) >= 11 is 0. The number of nitrogens with zero attached hydrogens (tertiary/aromatic N) is 4. The Hall–Kier alpha value is -2.31. The third-order valence-electron chi connectivity index (χ3n) is 3.77. The van der Waals surface area contributed by atoms with Crippen molar-refractivity contribution in [2.24, 2.45) is 5.92 Å². The van der Waals surface area contributed by atoms with Crippen LogP contribution in [0.15, 0.2) is 12.1 Å². The summed E-state index contributed by atoms with van der Waals surface area (Å²) in [6, 6.07) is 3.54. The lowest BCUT2D eigenvalue weighted by Gasteiger charge is -2.12. The molecule has 2 N–H and O–H groups in total. The van der Waals surface area contributed by atoms with Crippen LogP contribution in [0.1, 0.15) is 19.3 Å². The molecule has 1 aliphatic carbocycles. The fourth-order valence-corrected chi connectivity index (χ4v) is 2.35. The third-order valence-corrected chi connectivity index (χ3v) is 3.77. The lowest BCUT2D eigenvalue weighted by Crippen LogP contribution is -2.05. The number of aryl methyl sites for hydroxylation is 1.